The van der Waals surface area contributed by atoms with E-state index in [1.165, 1.54) is 4.40 Å². The number of hydrogen-bond acceptors (Lipinski definition) is 6. The van der Waals surface area contributed by atoms with Gasteiger partial charge in [-0.25, -0.2) is 9.38 Å². The normalized spacial score (nSPS) is 11.8. The highest BCUT2D eigenvalue weighted by Crippen LogP contribution is 2.36. The van der Waals surface area contributed by atoms with E-state index in [1.54, 1.807) is 0 Å². The van der Waals surface area contributed by atoms with Crippen LogP contribution in [0.3, 0.4) is 0 Å². The van der Waals surface area contributed by atoms with Gasteiger partial charge >= 0.3 is 5.84 Å². The number of imidazole rings is 1. The third kappa shape index (κ3) is 3.47. The van der Waals surface area contributed by atoms with Crippen LogP contribution in [0.2, 0.25) is 0 Å². The fourth-order valence-electron chi connectivity index (χ4n) is 5.90. The Bertz CT molecular complexity index is 2530. The number of aromatic nitrogens is 6. The van der Waals surface area contributed by atoms with E-state index in [1.807, 2.05) is 126 Å². The molecular formula is C35H20N6O2. The lowest BCUT2D eigenvalue weighted by Crippen LogP contribution is -2.12. The molecule has 9 aromatic rings. The molecule has 9 rings (SSSR count). The van der Waals surface area contributed by atoms with Crippen LogP contribution in [0, 0.1) is 0 Å². The van der Waals surface area contributed by atoms with Crippen LogP contribution in [-0.4, -0.2) is 28.9 Å². The number of rotatable bonds is 3. The molecule has 4 heterocycles. The molecule has 0 aliphatic carbocycles. The summed E-state index contributed by atoms with van der Waals surface area (Å²) in [5.41, 5.74) is 5.16. The predicted octanol–water partition coefficient (Wildman–Crippen LogP) is 7.21. The van der Waals surface area contributed by atoms with Crippen molar-refractivity contribution in [3.05, 3.63) is 132 Å². The molecule has 8 heteroatoms. The van der Waals surface area contributed by atoms with Gasteiger partial charge in [-0.2, -0.15) is 15.0 Å². The summed E-state index contributed by atoms with van der Waals surface area (Å²) in [6.07, 6.45) is 0. The molecular weight excluding hydrogens is 536 g/mol. The van der Waals surface area contributed by atoms with Crippen molar-refractivity contribution in [1.29, 1.82) is 0 Å². The van der Waals surface area contributed by atoms with Crippen molar-refractivity contribution in [2.24, 2.45) is 0 Å². The lowest BCUT2D eigenvalue weighted by molar-refractivity contribution is 0.620. The minimum Gasteiger partial charge on any atom is -0.424 e. The summed E-state index contributed by atoms with van der Waals surface area (Å²) >= 11 is 0. The highest BCUT2D eigenvalue weighted by atomic mass is 16.4. The van der Waals surface area contributed by atoms with Gasteiger partial charge < -0.3 is 4.42 Å². The summed E-state index contributed by atoms with van der Waals surface area (Å²) in [7, 11) is 0. The average Bonchev–Trinajstić information content (AvgIpc) is 3.61. The fraction of sp³-hybridized carbons (Fsp3) is 0. The fourth-order valence-corrected chi connectivity index (χ4v) is 5.90. The van der Waals surface area contributed by atoms with Crippen LogP contribution >= 0.6 is 0 Å². The molecule has 0 N–H and O–H groups in total. The molecule has 4 aromatic heterocycles. The van der Waals surface area contributed by atoms with E-state index in [2.05, 4.69) is 4.98 Å². The lowest BCUT2D eigenvalue weighted by Gasteiger charge is -2.11. The Kier molecular flexibility index (Phi) is 4.89. The van der Waals surface area contributed by atoms with Gasteiger partial charge in [-0.15, -0.1) is 0 Å². The molecule has 8 nitrogen and oxygen atoms in total. The van der Waals surface area contributed by atoms with E-state index in [9.17, 15) is 4.79 Å². The lowest BCUT2D eigenvalue weighted by atomic mass is 10.1. The second-order valence-electron chi connectivity index (χ2n) is 10.3. The summed E-state index contributed by atoms with van der Waals surface area (Å²) in [4.78, 5) is 33.3. The molecule has 0 atom stereocenters. The van der Waals surface area contributed by atoms with Crippen molar-refractivity contribution < 1.29 is 4.42 Å². The van der Waals surface area contributed by atoms with E-state index in [4.69, 9.17) is 19.4 Å². The second-order valence-corrected chi connectivity index (χ2v) is 10.3. The first kappa shape index (κ1) is 23.5. The van der Waals surface area contributed by atoms with Gasteiger partial charge in [0.25, 0.3) is 5.56 Å². The van der Waals surface area contributed by atoms with Crippen molar-refractivity contribution in [3.63, 3.8) is 0 Å². The van der Waals surface area contributed by atoms with Gasteiger partial charge in [0.1, 0.15) is 0 Å². The minimum absolute atomic E-state index is 0.179. The van der Waals surface area contributed by atoms with E-state index in [0.717, 1.165) is 32.9 Å². The summed E-state index contributed by atoms with van der Waals surface area (Å²) < 4.78 is 10.00. The van der Waals surface area contributed by atoms with Crippen LogP contribution in [0.4, 0.5) is 0 Å². The summed E-state index contributed by atoms with van der Waals surface area (Å²) in [6, 6.07) is 39.0. The quantitative estimate of drug-likeness (QED) is 0.228. The summed E-state index contributed by atoms with van der Waals surface area (Å²) in [6.45, 7) is 0. The molecule has 202 valence electrons. The molecule has 0 fully saturated rings. The average molecular weight is 557 g/mol. The van der Waals surface area contributed by atoms with Crippen molar-refractivity contribution in [2.45, 2.75) is 0 Å². The largest absolute Gasteiger partial charge is 0.424 e. The third-order valence-corrected chi connectivity index (χ3v) is 7.84. The monoisotopic (exact) mass is 556 g/mol. The summed E-state index contributed by atoms with van der Waals surface area (Å²) in [5.74, 6) is 1.84. The molecule has 43 heavy (non-hydrogen) atoms. The number of benzene rings is 5. The maximum atomic E-state index is 13.8. The third-order valence-electron chi connectivity index (χ3n) is 7.84. The number of nitrogens with zero attached hydrogens (tertiary/aromatic N) is 6. The zero-order valence-corrected chi connectivity index (χ0v) is 22.5. The van der Waals surface area contributed by atoms with E-state index in [-0.39, 0.29) is 11.4 Å². The molecule has 0 unspecified atom stereocenters. The zero-order valence-electron chi connectivity index (χ0n) is 22.5. The summed E-state index contributed by atoms with van der Waals surface area (Å²) in [5, 5.41) is 2.17. The first-order valence-corrected chi connectivity index (χ1v) is 13.9. The molecule has 0 aliphatic rings. The van der Waals surface area contributed by atoms with Crippen molar-refractivity contribution >= 4 is 49.7 Å². The van der Waals surface area contributed by atoms with Crippen molar-refractivity contribution in [3.8, 4) is 28.7 Å². The maximum absolute atomic E-state index is 13.8. The van der Waals surface area contributed by atoms with Crippen LogP contribution in [0.15, 0.2) is 131 Å². The van der Waals surface area contributed by atoms with Gasteiger partial charge in [0.2, 0.25) is 5.95 Å². The van der Waals surface area contributed by atoms with Crippen LogP contribution < -0.4 is 5.56 Å². The molecule has 5 aromatic carbocycles. The number of hydrogen-bond donors (Lipinski definition) is 0. The van der Waals surface area contributed by atoms with Crippen LogP contribution in [0.5, 0.6) is 0 Å². The van der Waals surface area contributed by atoms with Gasteiger partial charge in [-0.3, -0.25) is 9.36 Å². The molecule has 0 saturated carbocycles. The second kappa shape index (κ2) is 8.92. The maximum Gasteiger partial charge on any atom is 0.310 e. The minimum atomic E-state index is -0.179. The van der Waals surface area contributed by atoms with Gasteiger partial charge in [0.15, 0.2) is 17.2 Å². The van der Waals surface area contributed by atoms with Gasteiger partial charge in [-0.1, -0.05) is 91.0 Å². The number of para-hydroxylation sites is 3. The van der Waals surface area contributed by atoms with E-state index < -0.39 is 0 Å². The molecule has 0 amide bonds. The Labute approximate surface area is 243 Å². The Morgan fingerprint density at radius 2 is 1.16 bits per heavy atom. The van der Waals surface area contributed by atoms with Crippen molar-refractivity contribution in [1.82, 2.24) is 28.9 Å². The van der Waals surface area contributed by atoms with E-state index >= 15 is 0 Å². The Balaban J connectivity index is 1.40. The van der Waals surface area contributed by atoms with Crippen LogP contribution in [0.1, 0.15) is 0 Å². The van der Waals surface area contributed by atoms with Crippen molar-refractivity contribution in [2.75, 3.05) is 0 Å². The zero-order chi connectivity index (χ0) is 28.5. The first-order valence-electron chi connectivity index (χ1n) is 13.9. The molecule has 0 bridgehead atoms. The van der Waals surface area contributed by atoms with Gasteiger partial charge in [0.05, 0.1) is 32.8 Å². The molecule has 0 radical (unpaired) electrons. The Morgan fingerprint density at radius 3 is 1.88 bits per heavy atom. The van der Waals surface area contributed by atoms with Crippen LogP contribution in [0.25, 0.3) is 78.4 Å². The smallest absolute Gasteiger partial charge is 0.310 e. The SMILES string of the molecule is O=c1c2ccc3c(c4ccccc4n3-c3nc(-c4ccccc4)nc(-c4ccccc4)n3)c2oc2nc3ccccc3n12. The van der Waals surface area contributed by atoms with Crippen LogP contribution in [-0.2, 0) is 0 Å². The topological polar surface area (TPSA) is 91.1 Å². The highest BCUT2D eigenvalue weighted by molar-refractivity contribution is 6.19. The Morgan fingerprint density at radius 1 is 0.535 bits per heavy atom. The Hall–Kier alpha value is -6.15. The van der Waals surface area contributed by atoms with E-state index in [0.29, 0.717) is 39.6 Å². The number of fused-ring (bicyclic) bond motifs is 8. The molecule has 0 saturated heterocycles. The standard InChI is InChI=1S/C35H20N6O2/c42-33-24-19-20-28-29(30(24)43-35-36-25-16-8-10-18-27(25)41(33)35)23-15-7-9-17-26(23)40(28)34-38-31(21-11-3-1-4-12-21)37-32(39-34)22-13-5-2-6-14-22/h1-20H. The first-order chi connectivity index (χ1) is 21.2. The molecule has 0 aliphatic heterocycles. The molecule has 0 spiro atoms. The van der Waals surface area contributed by atoms with Gasteiger partial charge in [0, 0.05) is 16.5 Å². The predicted molar refractivity (Wildman–Crippen MR) is 167 cm³/mol. The van der Waals surface area contributed by atoms with Gasteiger partial charge in [-0.05, 0) is 30.3 Å². The highest BCUT2D eigenvalue weighted by Gasteiger charge is 2.22.